The molecule has 2 aromatic heterocycles. The first-order valence-electron chi connectivity index (χ1n) is 5.49. The minimum atomic E-state index is -0.904. The third-order valence-corrected chi connectivity index (χ3v) is 2.54. The normalized spacial score (nSPS) is 10.2. The van der Waals surface area contributed by atoms with Gasteiger partial charge in [0.25, 0.3) is 0 Å². The van der Waals surface area contributed by atoms with Crippen LogP contribution < -0.4 is 0 Å². The summed E-state index contributed by atoms with van der Waals surface area (Å²) in [5.41, 5.74) is 1.85. The van der Waals surface area contributed by atoms with Crippen LogP contribution in [0.4, 0.5) is 8.78 Å². The van der Waals surface area contributed by atoms with Gasteiger partial charge in [0.2, 0.25) is 0 Å². The first-order valence-corrected chi connectivity index (χ1v) is 5.49. The lowest BCUT2D eigenvalue weighted by atomic mass is 10.2. The van der Waals surface area contributed by atoms with Gasteiger partial charge in [-0.1, -0.05) is 11.8 Å². The zero-order chi connectivity index (χ0) is 13.2. The number of rotatable bonds is 0. The van der Waals surface area contributed by atoms with Crippen molar-refractivity contribution in [1.82, 2.24) is 14.6 Å². The van der Waals surface area contributed by atoms with Crippen LogP contribution in [0.3, 0.4) is 0 Å². The maximum Gasteiger partial charge on any atom is 0.160 e. The monoisotopic (exact) mass is 255 g/mol. The molecule has 0 unspecified atom stereocenters. The lowest BCUT2D eigenvalue weighted by Gasteiger charge is -1.94. The van der Waals surface area contributed by atoms with E-state index in [9.17, 15) is 8.78 Å². The number of benzene rings is 1. The van der Waals surface area contributed by atoms with E-state index in [0.29, 0.717) is 11.1 Å². The van der Waals surface area contributed by atoms with Crippen molar-refractivity contribution in [1.29, 1.82) is 0 Å². The molecule has 0 radical (unpaired) electrons. The number of fused-ring (bicyclic) bond motifs is 1. The van der Waals surface area contributed by atoms with Gasteiger partial charge in [-0.2, -0.15) is 5.10 Å². The molecule has 92 valence electrons. The van der Waals surface area contributed by atoms with E-state index in [1.165, 1.54) is 12.4 Å². The second-order valence-electron chi connectivity index (χ2n) is 3.86. The Morgan fingerprint density at radius 2 is 1.74 bits per heavy atom. The van der Waals surface area contributed by atoms with Gasteiger partial charge in [-0.3, -0.25) is 0 Å². The Labute approximate surface area is 107 Å². The molecule has 0 fully saturated rings. The highest BCUT2D eigenvalue weighted by Gasteiger charge is 2.00. The fraction of sp³-hybridized carbons (Fsp3) is 0. The fourth-order valence-corrected chi connectivity index (χ4v) is 1.61. The van der Waals surface area contributed by atoms with Gasteiger partial charge >= 0.3 is 0 Å². The van der Waals surface area contributed by atoms with Gasteiger partial charge in [0, 0.05) is 17.3 Å². The Kier molecular flexibility index (Phi) is 2.69. The molecule has 5 heteroatoms. The van der Waals surface area contributed by atoms with Gasteiger partial charge in [-0.25, -0.2) is 18.3 Å². The smallest absolute Gasteiger partial charge is 0.160 e. The van der Waals surface area contributed by atoms with Crippen LogP contribution in [0.2, 0.25) is 0 Å². The van der Waals surface area contributed by atoms with E-state index < -0.39 is 11.6 Å². The highest BCUT2D eigenvalue weighted by Crippen LogP contribution is 2.08. The molecule has 0 N–H and O–H groups in total. The first kappa shape index (κ1) is 11.4. The van der Waals surface area contributed by atoms with Gasteiger partial charge in [-0.05, 0) is 30.3 Å². The lowest BCUT2D eigenvalue weighted by Crippen LogP contribution is -1.88. The molecular weight excluding hydrogens is 248 g/mol. The molecule has 0 aliphatic carbocycles. The number of aromatic nitrogens is 3. The fourth-order valence-electron chi connectivity index (χ4n) is 1.61. The van der Waals surface area contributed by atoms with Crippen molar-refractivity contribution in [3.05, 3.63) is 65.6 Å². The molecule has 0 amide bonds. The van der Waals surface area contributed by atoms with Gasteiger partial charge in [0.1, 0.15) is 6.33 Å². The van der Waals surface area contributed by atoms with E-state index in [-0.39, 0.29) is 0 Å². The van der Waals surface area contributed by atoms with E-state index in [1.807, 2.05) is 0 Å². The van der Waals surface area contributed by atoms with Crippen LogP contribution in [0, 0.1) is 23.5 Å². The highest BCUT2D eigenvalue weighted by atomic mass is 19.2. The molecule has 0 atom stereocenters. The van der Waals surface area contributed by atoms with Crippen LogP contribution in [-0.4, -0.2) is 14.6 Å². The summed E-state index contributed by atoms with van der Waals surface area (Å²) in [5, 5.41) is 3.99. The zero-order valence-electron chi connectivity index (χ0n) is 9.64. The molecule has 0 saturated heterocycles. The lowest BCUT2D eigenvalue weighted by molar-refractivity contribution is 0.508. The molecule has 0 aliphatic rings. The van der Waals surface area contributed by atoms with Crippen LogP contribution in [0.25, 0.3) is 5.65 Å². The number of hydrogen-bond donors (Lipinski definition) is 0. The molecule has 3 rings (SSSR count). The molecule has 3 aromatic rings. The molecular formula is C14H7F2N3. The van der Waals surface area contributed by atoms with Crippen molar-refractivity contribution in [2.24, 2.45) is 0 Å². The van der Waals surface area contributed by atoms with E-state index >= 15 is 0 Å². The van der Waals surface area contributed by atoms with Crippen molar-refractivity contribution in [3.63, 3.8) is 0 Å². The second-order valence-corrected chi connectivity index (χ2v) is 3.86. The predicted molar refractivity (Wildman–Crippen MR) is 65.3 cm³/mol. The molecule has 0 spiro atoms. The van der Waals surface area contributed by atoms with Crippen molar-refractivity contribution >= 4 is 5.65 Å². The zero-order valence-corrected chi connectivity index (χ0v) is 9.64. The summed E-state index contributed by atoms with van der Waals surface area (Å²) in [6.45, 7) is 0. The third kappa shape index (κ3) is 2.29. The standard InChI is InChI=1S/C14H7F2N3/c15-12-5-3-10(7-13(12)16)1-2-11-4-6-14-17-9-18-19(14)8-11/h3-9H. The second kappa shape index (κ2) is 4.50. The summed E-state index contributed by atoms with van der Waals surface area (Å²) >= 11 is 0. The van der Waals surface area contributed by atoms with Gasteiger partial charge in [0.05, 0.1) is 0 Å². The predicted octanol–water partition coefficient (Wildman–Crippen LogP) is 2.41. The summed E-state index contributed by atoms with van der Waals surface area (Å²) in [7, 11) is 0. The molecule has 19 heavy (non-hydrogen) atoms. The summed E-state index contributed by atoms with van der Waals surface area (Å²) in [4.78, 5) is 4.01. The van der Waals surface area contributed by atoms with Crippen LogP contribution in [0.15, 0.2) is 42.9 Å². The number of nitrogens with zero attached hydrogens (tertiary/aromatic N) is 3. The first-order chi connectivity index (χ1) is 9.22. The van der Waals surface area contributed by atoms with Crippen LogP contribution >= 0.6 is 0 Å². The Morgan fingerprint density at radius 3 is 2.58 bits per heavy atom. The number of hydrogen-bond acceptors (Lipinski definition) is 2. The Bertz CT molecular complexity index is 812. The molecule has 2 heterocycles. The van der Waals surface area contributed by atoms with Crippen molar-refractivity contribution < 1.29 is 8.78 Å². The van der Waals surface area contributed by atoms with Gasteiger partial charge in [-0.15, -0.1) is 0 Å². The molecule has 0 bridgehead atoms. The maximum absolute atomic E-state index is 13.0. The Hall–Kier alpha value is -2.74. The average Bonchev–Trinajstić information content (AvgIpc) is 2.87. The largest absolute Gasteiger partial charge is 0.220 e. The summed E-state index contributed by atoms with van der Waals surface area (Å²) in [5.74, 6) is 3.85. The molecule has 1 aromatic carbocycles. The highest BCUT2D eigenvalue weighted by molar-refractivity contribution is 5.46. The van der Waals surface area contributed by atoms with Crippen LogP contribution in [-0.2, 0) is 0 Å². The van der Waals surface area contributed by atoms with Crippen molar-refractivity contribution in [2.45, 2.75) is 0 Å². The Morgan fingerprint density at radius 1 is 0.947 bits per heavy atom. The van der Waals surface area contributed by atoms with Crippen LogP contribution in [0.5, 0.6) is 0 Å². The summed E-state index contributed by atoms with van der Waals surface area (Å²) in [6, 6.07) is 7.12. The third-order valence-electron chi connectivity index (χ3n) is 2.54. The quantitative estimate of drug-likeness (QED) is 0.577. The minimum absolute atomic E-state index is 0.414. The average molecular weight is 255 g/mol. The van der Waals surface area contributed by atoms with Crippen molar-refractivity contribution in [3.8, 4) is 11.8 Å². The molecule has 0 saturated carbocycles. The van der Waals surface area contributed by atoms with Gasteiger partial charge in [0.15, 0.2) is 17.3 Å². The van der Waals surface area contributed by atoms with Gasteiger partial charge < -0.3 is 0 Å². The Balaban J connectivity index is 1.95. The SMILES string of the molecule is Fc1ccc(C#Cc2ccc3ncnn3c2)cc1F. The molecule has 0 aliphatic heterocycles. The van der Waals surface area contributed by atoms with E-state index in [2.05, 4.69) is 21.9 Å². The van der Waals surface area contributed by atoms with Crippen molar-refractivity contribution in [2.75, 3.05) is 0 Å². The summed E-state index contributed by atoms with van der Waals surface area (Å²) < 4.78 is 27.4. The van der Waals surface area contributed by atoms with E-state index in [1.54, 1.807) is 22.8 Å². The maximum atomic E-state index is 13.0. The molecule has 3 nitrogen and oxygen atoms in total. The minimum Gasteiger partial charge on any atom is -0.220 e. The summed E-state index contributed by atoms with van der Waals surface area (Å²) in [6.07, 6.45) is 3.16. The van der Waals surface area contributed by atoms with Crippen LogP contribution in [0.1, 0.15) is 11.1 Å². The van der Waals surface area contributed by atoms with E-state index in [0.717, 1.165) is 17.8 Å². The van der Waals surface area contributed by atoms with E-state index in [4.69, 9.17) is 0 Å². The number of pyridine rings is 1. The number of halogens is 2. The topological polar surface area (TPSA) is 30.2 Å².